The van der Waals surface area contributed by atoms with Crippen molar-refractivity contribution >= 4 is 27.5 Å². The Hall–Kier alpha value is -1.10. The molecule has 1 heterocycles. The molecule has 0 amide bonds. The summed E-state index contributed by atoms with van der Waals surface area (Å²) in [5.74, 6) is 0.803. The van der Waals surface area contributed by atoms with Crippen molar-refractivity contribution in [3.05, 3.63) is 57.3 Å². The van der Waals surface area contributed by atoms with Crippen molar-refractivity contribution in [1.82, 2.24) is 4.98 Å². The van der Waals surface area contributed by atoms with Crippen molar-refractivity contribution in [3.63, 3.8) is 0 Å². The molecule has 0 aliphatic carbocycles. The Morgan fingerprint density at radius 1 is 1.35 bits per heavy atom. The van der Waals surface area contributed by atoms with Gasteiger partial charge in [0.05, 0.1) is 5.02 Å². The lowest BCUT2D eigenvalue weighted by atomic mass is 10.1. The third-order valence-electron chi connectivity index (χ3n) is 2.81. The predicted molar refractivity (Wildman–Crippen MR) is 85.1 cm³/mol. The van der Waals surface area contributed by atoms with E-state index in [9.17, 15) is 0 Å². The van der Waals surface area contributed by atoms with E-state index in [1.54, 1.807) is 12.4 Å². The van der Waals surface area contributed by atoms with E-state index in [2.05, 4.69) is 20.9 Å². The molecule has 0 radical (unpaired) electrons. The molecule has 0 spiro atoms. The second kappa shape index (κ2) is 7.07. The minimum atomic E-state index is 0.108. The molecule has 0 aliphatic rings. The lowest BCUT2D eigenvalue weighted by Gasteiger charge is -2.12. The average Bonchev–Trinajstić information content (AvgIpc) is 2.40. The first-order chi connectivity index (χ1) is 9.56. The molecule has 20 heavy (non-hydrogen) atoms. The van der Waals surface area contributed by atoms with Crippen LogP contribution in [-0.2, 0) is 13.0 Å². The van der Waals surface area contributed by atoms with E-state index < -0.39 is 0 Å². The number of hydrogen-bond donors (Lipinski definition) is 1. The van der Waals surface area contributed by atoms with Gasteiger partial charge in [0.2, 0.25) is 0 Å². The van der Waals surface area contributed by atoms with Gasteiger partial charge in [0, 0.05) is 28.5 Å². The van der Waals surface area contributed by atoms with E-state index in [4.69, 9.17) is 22.1 Å². The number of halogens is 2. The fourth-order valence-corrected chi connectivity index (χ4v) is 2.41. The summed E-state index contributed by atoms with van der Waals surface area (Å²) in [6.45, 7) is 2.40. The maximum absolute atomic E-state index is 6.05. The first-order valence-electron chi connectivity index (χ1n) is 6.31. The fraction of sp³-hybridized carbons (Fsp3) is 0.267. The van der Waals surface area contributed by atoms with Crippen molar-refractivity contribution in [1.29, 1.82) is 0 Å². The predicted octanol–water partition coefficient (Wildman–Crippen LogP) is 3.97. The normalized spacial score (nSPS) is 12.2. The van der Waals surface area contributed by atoms with Gasteiger partial charge >= 0.3 is 0 Å². The molecular weight excluding hydrogens is 340 g/mol. The highest BCUT2D eigenvalue weighted by Gasteiger charge is 2.06. The standard InChI is InChI=1S/C15H16BrClN2O/c1-10(18)6-12-7-13(2-3-14(12)16)20-9-11-4-5-19-8-15(11)17/h2-5,7-8,10H,6,9,18H2,1H3. The maximum Gasteiger partial charge on any atom is 0.120 e. The van der Waals surface area contributed by atoms with E-state index >= 15 is 0 Å². The van der Waals surface area contributed by atoms with Crippen LogP contribution in [0.15, 0.2) is 41.1 Å². The molecular formula is C15H16BrClN2O. The number of ether oxygens (including phenoxy) is 1. The third kappa shape index (κ3) is 4.20. The van der Waals surface area contributed by atoms with Gasteiger partial charge in [0.15, 0.2) is 0 Å². The molecule has 3 nitrogen and oxygen atoms in total. The van der Waals surface area contributed by atoms with Crippen LogP contribution < -0.4 is 10.5 Å². The van der Waals surface area contributed by atoms with Gasteiger partial charge in [-0.15, -0.1) is 0 Å². The molecule has 106 valence electrons. The minimum absolute atomic E-state index is 0.108. The number of hydrogen-bond acceptors (Lipinski definition) is 3. The number of benzene rings is 1. The maximum atomic E-state index is 6.05. The summed E-state index contributed by atoms with van der Waals surface area (Å²) in [5, 5.41) is 0.611. The Morgan fingerprint density at radius 2 is 2.15 bits per heavy atom. The average molecular weight is 356 g/mol. The van der Waals surface area contributed by atoms with Gasteiger partial charge < -0.3 is 10.5 Å². The van der Waals surface area contributed by atoms with Crippen LogP contribution in [0.5, 0.6) is 5.75 Å². The molecule has 0 saturated heterocycles. The van der Waals surface area contributed by atoms with Crippen molar-refractivity contribution < 1.29 is 4.74 Å². The quantitative estimate of drug-likeness (QED) is 0.883. The van der Waals surface area contributed by atoms with Crippen LogP contribution in [0.3, 0.4) is 0 Å². The summed E-state index contributed by atoms with van der Waals surface area (Å²) >= 11 is 9.58. The zero-order valence-electron chi connectivity index (χ0n) is 11.1. The Labute approximate surface area is 132 Å². The second-order valence-corrected chi connectivity index (χ2v) is 5.95. The fourth-order valence-electron chi connectivity index (χ4n) is 1.83. The van der Waals surface area contributed by atoms with E-state index in [0.29, 0.717) is 11.6 Å². The molecule has 2 rings (SSSR count). The number of nitrogens with two attached hydrogens (primary N) is 1. The van der Waals surface area contributed by atoms with Crippen molar-refractivity contribution in [2.45, 2.75) is 26.0 Å². The minimum Gasteiger partial charge on any atom is -0.489 e. The molecule has 1 aromatic carbocycles. The molecule has 0 fully saturated rings. The summed E-state index contributed by atoms with van der Waals surface area (Å²) in [6, 6.07) is 7.86. The summed E-state index contributed by atoms with van der Waals surface area (Å²) < 4.78 is 6.82. The topological polar surface area (TPSA) is 48.1 Å². The molecule has 1 aromatic heterocycles. The number of rotatable bonds is 5. The largest absolute Gasteiger partial charge is 0.489 e. The monoisotopic (exact) mass is 354 g/mol. The van der Waals surface area contributed by atoms with E-state index in [0.717, 1.165) is 27.8 Å². The molecule has 1 unspecified atom stereocenters. The van der Waals surface area contributed by atoms with Gasteiger partial charge in [-0.2, -0.15) is 0 Å². The third-order valence-corrected chi connectivity index (χ3v) is 3.92. The van der Waals surface area contributed by atoms with E-state index in [1.807, 2.05) is 31.2 Å². The van der Waals surface area contributed by atoms with Crippen molar-refractivity contribution in [2.75, 3.05) is 0 Å². The zero-order chi connectivity index (χ0) is 14.5. The van der Waals surface area contributed by atoms with Crippen molar-refractivity contribution in [3.8, 4) is 5.75 Å². The van der Waals surface area contributed by atoms with Crippen LogP contribution in [0.1, 0.15) is 18.1 Å². The number of pyridine rings is 1. The molecule has 1 atom stereocenters. The summed E-state index contributed by atoms with van der Waals surface area (Å²) in [7, 11) is 0. The zero-order valence-corrected chi connectivity index (χ0v) is 13.5. The van der Waals surface area contributed by atoms with Gasteiger partial charge in [0.1, 0.15) is 12.4 Å². The highest BCUT2D eigenvalue weighted by atomic mass is 79.9. The van der Waals surface area contributed by atoms with Crippen LogP contribution >= 0.6 is 27.5 Å². The van der Waals surface area contributed by atoms with Gasteiger partial charge in [-0.1, -0.05) is 27.5 Å². The van der Waals surface area contributed by atoms with Gasteiger partial charge in [-0.3, -0.25) is 4.98 Å². The summed E-state index contributed by atoms with van der Waals surface area (Å²) in [5.41, 5.74) is 7.89. The number of aromatic nitrogens is 1. The first-order valence-corrected chi connectivity index (χ1v) is 7.48. The Bertz CT molecular complexity index is 590. The lowest BCUT2D eigenvalue weighted by Crippen LogP contribution is -2.18. The molecule has 5 heteroatoms. The van der Waals surface area contributed by atoms with Crippen LogP contribution in [0.25, 0.3) is 0 Å². The van der Waals surface area contributed by atoms with Crippen molar-refractivity contribution in [2.24, 2.45) is 5.73 Å². The highest BCUT2D eigenvalue weighted by molar-refractivity contribution is 9.10. The van der Waals surface area contributed by atoms with E-state index in [1.165, 1.54) is 0 Å². The van der Waals surface area contributed by atoms with Gasteiger partial charge in [0.25, 0.3) is 0 Å². The van der Waals surface area contributed by atoms with Crippen LogP contribution in [0.2, 0.25) is 5.02 Å². The molecule has 2 aromatic rings. The van der Waals surface area contributed by atoms with Crippen LogP contribution in [-0.4, -0.2) is 11.0 Å². The van der Waals surface area contributed by atoms with E-state index in [-0.39, 0.29) is 6.04 Å². The lowest BCUT2D eigenvalue weighted by molar-refractivity contribution is 0.306. The summed E-state index contributed by atoms with van der Waals surface area (Å²) in [4.78, 5) is 3.95. The van der Waals surface area contributed by atoms with Gasteiger partial charge in [-0.05, 0) is 43.2 Å². The molecule has 0 aliphatic heterocycles. The van der Waals surface area contributed by atoms with Crippen LogP contribution in [0, 0.1) is 0 Å². The molecule has 0 saturated carbocycles. The number of nitrogens with zero attached hydrogens (tertiary/aromatic N) is 1. The van der Waals surface area contributed by atoms with Crippen LogP contribution in [0.4, 0.5) is 0 Å². The summed E-state index contributed by atoms with van der Waals surface area (Å²) in [6.07, 6.45) is 4.12. The Kier molecular flexibility index (Phi) is 5.40. The smallest absolute Gasteiger partial charge is 0.120 e. The second-order valence-electron chi connectivity index (χ2n) is 4.69. The first kappa shape index (κ1) is 15.3. The SMILES string of the molecule is CC(N)Cc1cc(OCc2ccncc2Cl)ccc1Br. The molecule has 2 N–H and O–H groups in total. The Balaban J connectivity index is 2.08. The van der Waals surface area contributed by atoms with Gasteiger partial charge in [-0.25, -0.2) is 0 Å². The Morgan fingerprint density at radius 3 is 2.85 bits per heavy atom. The molecule has 0 bridgehead atoms. The highest BCUT2D eigenvalue weighted by Crippen LogP contribution is 2.25.